The molecule has 2 aliphatic heterocycles. The Morgan fingerprint density at radius 1 is 0.492 bits per heavy atom. The average Bonchev–Trinajstić information content (AvgIpc) is 3.59. The van der Waals surface area contributed by atoms with Crippen LogP contribution in [0.2, 0.25) is 0 Å². The van der Waals surface area contributed by atoms with Gasteiger partial charge in [0.25, 0.3) is 6.71 Å². The summed E-state index contributed by atoms with van der Waals surface area (Å²) >= 11 is 0. The van der Waals surface area contributed by atoms with E-state index in [2.05, 4.69) is 191 Å². The third-order valence-electron chi connectivity index (χ3n) is 15.1. The van der Waals surface area contributed by atoms with Crippen molar-refractivity contribution in [1.82, 2.24) is 4.57 Å². The number of anilines is 7. The van der Waals surface area contributed by atoms with Crippen LogP contribution in [-0.2, 0) is 5.41 Å². The second kappa shape index (κ2) is 12.4. The number of rotatable bonds is 5. The first-order valence-electron chi connectivity index (χ1n) is 21.8. The summed E-state index contributed by atoms with van der Waals surface area (Å²) in [6, 6.07) is 59.9. The van der Waals surface area contributed by atoms with E-state index < -0.39 is 0 Å². The second-order valence-corrected chi connectivity index (χ2v) is 18.6. The van der Waals surface area contributed by atoms with Crippen LogP contribution in [0.25, 0.3) is 27.5 Å². The summed E-state index contributed by atoms with van der Waals surface area (Å²) in [5.74, 6) is 2.75. The van der Waals surface area contributed by atoms with Crippen molar-refractivity contribution < 1.29 is 0 Å². The Balaban J connectivity index is 1.10. The van der Waals surface area contributed by atoms with Crippen molar-refractivity contribution in [3.63, 3.8) is 0 Å². The van der Waals surface area contributed by atoms with Gasteiger partial charge in [-0.15, -0.1) is 0 Å². The van der Waals surface area contributed by atoms with Crippen molar-refractivity contribution in [3.8, 4) is 5.69 Å². The van der Waals surface area contributed by atoms with Crippen LogP contribution in [0.15, 0.2) is 158 Å². The molecule has 59 heavy (non-hydrogen) atoms. The summed E-state index contributed by atoms with van der Waals surface area (Å²) in [5, 5.41) is 2.73. The van der Waals surface area contributed by atoms with Gasteiger partial charge in [-0.05, 0) is 163 Å². The van der Waals surface area contributed by atoms with E-state index in [0.29, 0.717) is 5.41 Å². The van der Waals surface area contributed by atoms with Gasteiger partial charge in [0.05, 0.1) is 11.0 Å². The highest BCUT2D eigenvalue weighted by molar-refractivity contribution is 7.01. The number of para-hydroxylation sites is 3. The van der Waals surface area contributed by atoms with Gasteiger partial charge in [-0.25, -0.2) is 0 Å². The molecule has 0 atom stereocenters. The van der Waals surface area contributed by atoms with Crippen LogP contribution in [0.5, 0.6) is 0 Å². The molecule has 0 radical (unpaired) electrons. The Kier molecular flexibility index (Phi) is 7.10. The molecule has 1 aromatic heterocycles. The number of hydrogen-bond donors (Lipinski definition) is 0. The molecule has 0 N–H and O–H groups in total. The van der Waals surface area contributed by atoms with E-state index in [9.17, 15) is 0 Å². The van der Waals surface area contributed by atoms with Crippen molar-refractivity contribution in [1.29, 1.82) is 0 Å². The molecule has 0 amide bonds. The highest BCUT2D eigenvalue weighted by Crippen LogP contribution is 2.61. The van der Waals surface area contributed by atoms with Crippen molar-refractivity contribution in [2.24, 2.45) is 17.8 Å². The molecule has 0 saturated heterocycles. The fraction of sp³-hybridized carbons (Fsp3) is 0.222. The van der Waals surface area contributed by atoms with Gasteiger partial charge in [0.2, 0.25) is 0 Å². The SMILES string of the molecule is CN(C)c1ccc2c(c1)N(c1ccccc1)c1cccc3c1B2c1c(cccc1-n1c2ccccc2c2cc(C45CC6CC(CC(C6)C4)C5)ccc21)N3c1ccccc1. The molecule has 0 spiro atoms. The lowest BCUT2D eigenvalue weighted by atomic mass is 9.33. The average molecular weight is 763 g/mol. The zero-order valence-electron chi connectivity index (χ0n) is 33.9. The van der Waals surface area contributed by atoms with Crippen LogP contribution in [-0.4, -0.2) is 25.4 Å². The van der Waals surface area contributed by atoms with E-state index >= 15 is 0 Å². The van der Waals surface area contributed by atoms with Gasteiger partial charge in [-0.1, -0.05) is 78.9 Å². The lowest BCUT2D eigenvalue weighted by molar-refractivity contribution is -0.00512. The van der Waals surface area contributed by atoms with Crippen LogP contribution in [0.1, 0.15) is 44.1 Å². The van der Waals surface area contributed by atoms with Gasteiger partial charge >= 0.3 is 0 Å². The quantitative estimate of drug-likeness (QED) is 0.162. The molecular weight excluding hydrogens is 715 g/mol. The van der Waals surface area contributed by atoms with Crippen LogP contribution in [0, 0.1) is 17.8 Å². The number of nitrogens with zero attached hydrogens (tertiary/aromatic N) is 4. The molecule has 14 rings (SSSR count). The summed E-state index contributed by atoms with van der Waals surface area (Å²) in [7, 11) is 4.29. The monoisotopic (exact) mass is 762 g/mol. The smallest absolute Gasteiger partial charge is 0.254 e. The van der Waals surface area contributed by atoms with Crippen molar-refractivity contribution in [3.05, 3.63) is 163 Å². The predicted octanol–water partition coefficient (Wildman–Crippen LogP) is 11.4. The standard InChI is InChI=1S/C54H47BN4/c1-56(2)41-24-25-44-51(31-41)58(40-15-7-4-8-16-40)49-21-11-19-47-52(49)55(44)53-48(57(47)39-13-5-3-6-14-39)20-12-22-50(53)59-45-18-10-9-17-42(45)43-30-38(23-26-46(43)59)54-32-35-27-36(33-54)29-37(28-35)34-54/h3-26,30-31,35-37H,27-29,32-34H2,1-2H3. The lowest BCUT2D eigenvalue weighted by Gasteiger charge is -2.57. The molecule has 7 aromatic carbocycles. The maximum Gasteiger partial charge on any atom is 0.254 e. The first kappa shape index (κ1) is 33.7. The zero-order chi connectivity index (χ0) is 39.0. The molecule has 4 bridgehead atoms. The largest absolute Gasteiger partial charge is 0.378 e. The highest BCUT2D eigenvalue weighted by Gasteiger charge is 2.52. The minimum Gasteiger partial charge on any atom is -0.378 e. The van der Waals surface area contributed by atoms with Gasteiger partial charge in [-0.3, -0.25) is 0 Å². The maximum absolute atomic E-state index is 2.64. The topological polar surface area (TPSA) is 14.7 Å². The van der Waals surface area contributed by atoms with E-state index in [0.717, 1.165) is 17.8 Å². The molecule has 6 aliphatic rings. The number of fused-ring (bicyclic) bond motifs is 7. The highest BCUT2D eigenvalue weighted by atomic mass is 15.2. The fourth-order valence-electron chi connectivity index (χ4n) is 13.2. The Bertz CT molecular complexity index is 2950. The van der Waals surface area contributed by atoms with E-state index in [1.54, 1.807) is 5.56 Å². The first-order valence-corrected chi connectivity index (χ1v) is 21.8. The molecule has 4 fully saturated rings. The van der Waals surface area contributed by atoms with Gasteiger partial charge in [0.15, 0.2) is 0 Å². The minimum absolute atomic E-state index is 0.000970. The number of aromatic nitrogens is 1. The van der Waals surface area contributed by atoms with Gasteiger partial charge < -0.3 is 19.3 Å². The summed E-state index contributed by atoms with van der Waals surface area (Å²) in [5.41, 5.74) is 18.2. The zero-order valence-corrected chi connectivity index (χ0v) is 33.9. The minimum atomic E-state index is 0.000970. The normalized spacial score (nSPS) is 22.1. The van der Waals surface area contributed by atoms with Crippen molar-refractivity contribution in [2.75, 3.05) is 28.8 Å². The number of hydrogen-bond acceptors (Lipinski definition) is 3. The van der Waals surface area contributed by atoms with E-state index in [4.69, 9.17) is 0 Å². The van der Waals surface area contributed by atoms with E-state index in [1.807, 2.05) is 0 Å². The Hall–Kier alpha value is -6.20. The molecule has 4 nitrogen and oxygen atoms in total. The molecule has 5 heteroatoms. The summed E-state index contributed by atoms with van der Waals surface area (Å²) in [6.45, 7) is 0.000970. The maximum atomic E-state index is 2.64. The van der Waals surface area contributed by atoms with Gasteiger partial charge in [0.1, 0.15) is 0 Å². The summed E-state index contributed by atoms with van der Waals surface area (Å²) < 4.78 is 2.61. The molecular formula is C54H47BN4. The van der Waals surface area contributed by atoms with Crippen LogP contribution in [0.3, 0.4) is 0 Å². The second-order valence-electron chi connectivity index (χ2n) is 18.6. The van der Waals surface area contributed by atoms with Gasteiger partial charge in [0, 0.05) is 70.4 Å². The van der Waals surface area contributed by atoms with Crippen molar-refractivity contribution in [2.45, 2.75) is 43.9 Å². The lowest BCUT2D eigenvalue weighted by Crippen LogP contribution is -2.62. The van der Waals surface area contributed by atoms with Crippen LogP contribution in [0.4, 0.5) is 39.8 Å². The third-order valence-corrected chi connectivity index (χ3v) is 15.1. The predicted molar refractivity (Wildman–Crippen MR) is 249 cm³/mol. The van der Waals surface area contributed by atoms with Crippen LogP contribution >= 0.6 is 0 Å². The summed E-state index contributed by atoms with van der Waals surface area (Å²) in [4.78, 5) is 7.25. The molecule has 4 saturated carbocycles. The third kappa shape index (κ3) is 4.79. The first-order chi connectivity index (χ1) is 29.0. The van der Waals surface area contributed by atoms with Crippen LogP contribution < -0.4 is 31.1 Å². The Morgan fingerprint density at radius 2 is 1.03 bits per heavy atom. The van der Waals surface area contributed by atoms with E-state index in [1.165, 1.54) is 122 Å². The van der Waals surface area contributed by atoms with Crippen molar-refractivity contribution >= 4 is 84.7 Å². The molecule has 8 aromatic rings. The Morgan fingerprint density at radius 3 is 1.66 bits per heavy atom. The summed E-state index contributed by atoms with van der Waals surface area (Å²) in [6.07, 6.45) is 8.53. The molecule has 286 valence electrons. The fourth-order valence-corrected chi connectivity index (χ4v) is 13.2. The van der Waals surface area contributed by atoms with E-state index in [-0.39, 0.29) is 6.71 Å². The molecule has 4 aliphatic carbocycles. The Labute approximate surface area is 347 Å². The molecule has 3 heterocycles. The van der Waals surface area contributed by atoms with Gasteiger partial charge in [-0.2, -0.15) is 0 Å². The molecule has 0 unspecified atom stereocenters. The number of benzene rings is 7.